The number of hydrogen-bond acceptors (Lipinski definition) is 11. The Bertz CT molecular complexity index is 1500. The van der Waals surface area contributed by atoms with E-state index in [1.165, 1.54) is 17.8 Å². The van der Waals surface area contributed by atoms with Gasteiger partial charge in [0, 0.05) is 0 Å². The van der Waals surface area contributed by atoms with E-state index >= 15 is 0 Å². The molecule has 0 radical (unpaired) electrons. The van der Waals surface area contributed by atoms with Crippen LogP contribution in [0.5, 0.6) is 5.75 Å². The zero-order valence-corrected chi connectivity index (χ0v) is 25.9. The van der Waals surface area contributed by atoms with Crippen molar-refractivity contribution in [3.63, 3.8) is 0 Å². The third-order valence-corrected chi connectivity index (χ3v) is 9.69. The maximum Gasteiger partial charge on any atom is 0.459 e. The molecule has 14 heteroatoms. The van der Waals surface area contributed by atoms with Crippen molar-refractivity contribution >= 4 is 25.1 Å². The molecule has 1 aliphatic carbocycles. The number of esters is 1. The summed E-state index contributed by atoms with van der Waals surface area (Å²) in [5, 5.41) is 28.9. The summed E-state index contributed by atoms with van der Waals surface area (Å²) in [6, 6.07) is 9.39. The molecular formula is C29H40N5O8P. The fourth-order valence-electron chi connectivity index (χ4n) is 5.12. The number of aromatic nitrogens is 3. The third-order valence-electron chi connectivity index (χ3n) is 8.05. The maximum atomic E-state index is 14.1. The van der Waals surface area contributed by atoms with Crippen LogP contribution in [-0.4, -0.2) is 67.8 Å². The van der Waals surface area contributed by atoms with Crippen LogP contribution in [0.25, 0.3) is 5.52 Å². The Morgan fingerprint density at radius 1 is 1.23 bits per heavy atom. The lowest BCUT2D eigenvalue weighted by Crippen LogP contribution is -2.40. The van der Waals surface area contributed by atoms with Crippen LogP contribution >= 0.6 is 7.75 Å². The minimum absolute atomic E-state index is 0.108. The molecule has 5 rings (SSSR count). The van der Waals surface area contributed by atoms with Crippen LogP contribution in [0, 0.1) is 0 Å². The quantitative estimate of drug-likeness (QED) is 0.193. The van der Waals surface area contributed by atoms with E-state index in [0.717, 1.165) is 24.8 Å². The molecule has 1 saturated carbocycles. The second-order valence-electron chi connectivity index (χ2n) is 12.4. The van der Waals surface area contributed by atoms with Crippen LogP contribution in [0.15, 0.2) is 42.7 Å². The number of carbonyl (C=O) groups is 1. The number of carbonyl (C=O) groups excluding carboxylic acids is 1. The minimum atomic E-state index is -4.25. The number of hydrogen-bond donors (Lipinski definition) is 4. The van der Waals surface area contributed by atoms with Gasteiger partial charge in [0.25, 0.3) is 0 Å². The van der Waals surface area contributed by atoms with Gasteiger partial charge in [0.2, 0.25) is 0 Å². The van der Waals surface area contributed by atoms with Crippen molar-refractivity contribution in [2.75, 3.05) is 12.3 Å². The van der Waals surface area contributed by atoms with E-state index in [1.54, 1.807) is 31.2 Å². The molecule has 13 nitrogen and oxygen atoms in total. The molecular weight excluding hydrogens is 577 g/mol. The van der Waals surface area contributed by atoms with Crippen molar-refractivity contribution in [2.24, 2.45) is 0 Å². The lowest BCUT2D eigenvalue weighted by Gasteiger charge is -2.29. The van der Waals surface area contributed by atoms with Gasteiger partial charge in [0.1, 0.15) is 53.7 Å². The van der Waals surface area contributed by atoms with E-state index in [4.69, 9.17) is 24.3 Å². The molecule has 2 fully saturated rings. The average Bonchev–Trinajstić information content (AvgIpc) is 3.46. The average molecular weight is 618 g/mol. The number of aliphatic hydroxyl groups excluding tert-OH is 2. The van der Waals surface area contributed by atoms with Crippen molar-refractivity contribution in [2.45, 2.75) is 95.4 Å². The highest BCUT2D eigenvalue weighted by atomic mass is 31.2. The Hall–Kier alpha value is -3.06. The third kappa shape index (κ3) is 6.43. The first-order chi connectivity index (χ1) is 20.2. The van der Waals surface area contributed by atoms with E-state index < -0.39 is 50.3 Å². The predicted molar refractivity (Wildman–Crippen MR) is 157 cm³/mol. The molecule has 1 aliphatic heterocycles. The summed E-state index contributed by atoms with van der Waals surface area (Å²) in [6.45, 7) is 8.88. The normalized spacial score (nSPS) is 26.5. The molecule has 0 spiro atoms. The van der Waals surface area contributed by atoms with Gasteiger partial charge in [-0.2, -0.15) is 10.2 Å². The zero-order valence-electron chi connectivity index (χ0n) is 25.0. The SMILES string of the molecule is C[C@H](NP(=O)(OC[C@H]1O[C@@](C)(c2ccc3c(N)ncnn23)[C@H](O)[C@@H]1O)Oc1ccc(C(C)(C)C)cc1)C(=O)OC1CCC1. The van der Waals surface area contributed by atoms with Crippen LogP contribution in [0.1, 0.15) is 65.1 Å². The number of nitrogens with two attached hydrogens (primary N) is 1. The van der Waals surface area contributed by atoms with Gasteiger partial charge in [-0.05, 0) is 68.4 Å². The summed E-state index contributed by atoms with van der Waals surface area (Å²) in [5.74, 6) is -0.0952. The van der Waals surface area contributed by atoms with Gasteiger partial charge >= 0.3 is 13.7 Å². The van der Waals surface area contributed by atoms with Crippen molar-refractivity contribution in [1.29, 1.82) is 0 Å². The van der Waals surface area contributed by atoms with E-state index in [1.807, 2.05) is 12.1 Å². The molecule has 3 aromatic rings. The van der Waals surface area contributed by atoms with Crippen molar-refractivity contribution < 1.29 is 38.1 Å². The van der Waals surface area contributed by atoms with Crippen molar-refractivity contribution in [3.05, 3.63) is 54.0 Å². The van der Waals surface area contributed by atoms with E-state index in [2.05, 4.69) is 35.9 Å². The first-order valence-corrected chi connectivity index (χ1v) is 15.9. The van der Waals surface area contributed by atoms with Gasteiger partial charge in [-0.3, -0.25) is 9.32 Å². The molecule has 1 aromatic carbocycles. The highest BCUT2D eigenvalue weighted by Gasteiger charge is 2.54. The second-order valence-corrected chi connectivity index (χ2v) is 14.1. The van der Waals surface area contributed by atoms with Crippen LogP contribution in [0.3, 0.4) is 0 Å². The topological polar surface area (TPSA) is 180 Å². The number of fused-ring (bicyclic) bond motifs is 1. The summed E-state index contributed by atoms with van der Waals surface area (Å²) < 4.78 is 38.8. The molecule has 1 saturated heterocycles. The molecule has 0 amide bonds. The molecule has 5 N–H and O–H groups in total. The van der Waals surface area contributed by atoms with Gasteiger partial charge in [-0.25, -0.2) is 14.1 Å². The monoisotopic (exact) mass is 617 g/mol. The minimum Gasteiger partial charge on any atom is -0.461 e. The fraction of sp³-hybridized carbons (Fsp3) is 0.552. The highest BCUT2D eigenvalue weighted by Crippen LogP contribution is 2.47. The van der Waals surface area contributed by atoms with Gasteiger partial charge in [-0.1, -0.05) is 32.9 Å². The van der Waals surface area contributed by atoms with E-state index in [9.17, 15) is 19.6 Å². The van der Waals surface area contributed by atoms with E-state index in [0.29, 0.717) is 11.2 Å². The van der Waals surface area contributed by atoms with Crippen LogP contribution in [0.4, 0.5) is 5.82 Å². The molecule has 2 aliphatic rings. The van der Waals surface area contributed by atoms with Gasteiger partial charge in [-0.15, -0.1) is 0 Å². The molecule has 43 heavy (non-hydrogen) atoms. The largest absolute Gasteiger partial charge is 0.461 e. The number of ether oxygens (including phenoxy) is 2. The Morgan fingerprint density at radius 3 is 2.56 bits per heavy atom. The summed E-state index contributed by atoms with van der Waals surface area (Å²) in [6.07, 6.45) is -0.256. The lowest BCUT2D eigenvalue weighted by molar-refractivity contribution is -0.154. The molecule has 2 aromatic heterocycles. The number of nitrogens with zero attached hydrogens (tertiary/aromatic N) is 3. The number of nitrogens with one attached hydrogen (secondary N) is 1. The molecule has 0 bridgehead atoms. The van der Waals surface area contributed by atoms with Crippen LogP contribution in [-0.2, 0) is 34.4 Å². The number of nitrogen functional groups attached to an aromatic ring is 1. The van der Waals surface area contributed by atoms with Gasteiger partial charge in [0.15, 0.2) is 5.82 Å². The Kier molecular flexibility index (Phi) is 8.60. The summed E-state index contributed by atoms with van der Waals surface area (Å²) in [5.41, 5.74) is 6.40. The van der Waals surface area contributed by atoms with E-state index in [-0.39, 0.29) is 23.1 Å². The summed E-state index contributed by atoms with van der Waals surface area (Å²) >= 11 is 0. The lowest BCUT2D eigenvalue weighted by atomic mass is 9.87. The Morgan fingerprint density at radius 2 is 1.93 bits per heavy atom. The Balaban J connectivity index is 1.35. The second kappa shape index (κ2) is 11.8. The Labute approximate surface area is 250 Å². The summed E-state index contributed by atoms with van der Waals surface area (Å²) in [7, 11) is -4.25. The fourth-order valence-corrected chi connectivity index (χ4v) is 6.62. The highest BCUT2D eigenvalue weighted by molar-refractivity contribution is 7.52. The molecule has 1 unspecified atom stereocenters. The number of anilines is 1. The number of rotatable bonds is 10. The van der Waals surface area contributed by atoms with Gasteiger partial charge < -0.3 is 29.9 Å². The first kappa shape index (κ1) is 31.4. The first-order valence-electron chi connectivity index (χ1n) is 14.4. The zero-order chi connectivity index (χ0) is 31.2. The van der Waals surface area contributed by atoms with Gasteiger partial charge in [0.05, 0.1) is 12.3 Å². The smallest absolute Gasteiger partial charge is 0.459 e. The number of benzene rings is 1. The van der Waals surface area contributed by atoms with Crippen molar-refractivity contribution in [1.82, 2.24) is 19.7 Å². The predicted octanol–water partition coefficient (Wildman–Crippen LogP) is 3.22. The number of aliphatic hydroxyl groups is 2. The van der Waals surface area contributed by atoms with Crippen LogP contribution in [0.2, 0.25) is 0 Å². The molecule has 6 atom stereocenters. The summed E-state index contributed by atoms with van der Waals surface area (Å²) in [4.78, 5) is 16.7. The molecule has 234 valence electrons. The standard InChI is InChI=1S/C29H40N5O8P/c1-17(27(37)40-19-7-6-8-19)33-43(38,42-20-11-9-18(10-12-20)28(2,3)4)39-15-22-24(35)25(36)29(5,41-22)23-14-13-21-26(30)31-16-32-34(21)23/h9-14,16-17,19,22,24-25,35-36H,6-8,15H2,1-5H3,(H,33,38)(H2,30,31,32)/t17-,22+,24+,25+,29-,43?/m0/s1. The van der Waals surface area contributed by atoms with Crippen LogP contribution < -0.4 is 15.3 Å². The van der Waals surface area contributed by atoms with Crippen molar-refractivity contribution in [3.8, 4) is 5.75 Å². The maximum absolute atomic E-state index is 14.1. The molecule has 3 heterocycles.